The van der Waals surface area contributed by atoms with Crippen molar-refractivity contribution in [3.05, 3.63) is 34.1 Å². The van der Waals surface area contributed by atoms with Crippen LogP contribution in [0.5, 0.6) is 0 Å². The number of nitriles is 1. The molecular weight excluding hydrogens is 319 g/mol. The van der Waals surface area contributed by atoms with Gasteiger partial charge >= 0.3 is 0 Å². The van der Waals surface area contributed by atoms with Crippen LogP contribution in [0.1, 0.15) is 16.8 Å². The molecule has 0 bridgehead atoms. The van der Waals surface area contributed by atoms with Gasteiger partial charge < -0.3 is 5.32 Å². The van der Waals surface area contributed by atoms with E-state index in [-0.39, 0.29) is 5.56 Å². The van der Waals surface area contributed by atoms with Crippen molar-refractivity contribution in [1.82, 2.24) is 5.32 Å². The SMILES string of the molecule is N#CC1(NC(=O)c2ccc(Br)c(F)c2)CCSC1. The Morgan fingerprint density at radius 3 is 2.94 bits per heavy atom. The van der Waals surface area contributed by atoms with Crippen LogP contribution in [-0.2, 0) is 0 Å². The van der Waals surface area contributed by atoms with Gasteiger partial charge in [0.1, 0.15) is 11.4 Å². The van der Waals surface area contributed by atoms with E-state index in [0.29, 0.717) is 16.6 Å². The molecule has 1 heterocycles. The van der Waals surface area contributed by atoms with Crippen LogP contribution in [0.15, 0.2) is 22.7 Å². The van der Waals surface area contributed by atoms with Crippen molar-refractivity contribution in [2.75, 3.05) is 11.5 Å². The fraction of sp³-hybridized carbons (Fsp3) is 0.333. The maximum atomic E-state index is 13.3. The first-order valence-electron chi connectivity index (χ1n) is 5.33. The standard InChI is InChI=1S/C12H10BrFN2OS/c13-9-2-1-8(5-10(9)14)11(17)16-12(6-15)3-4-18-7-12/h1-2,5H,3-4,7H2,(H,16,17). The Balaban J connectivity index is 2.17. The van der Waals surface area contributed by atoms with Crippen LogP contribution in [-0.4, -0.2) is 23.0 Å². The number of nitrogens with zero attached hydrogens (tertiary/aromatic N) is 1. The molecule has 1 amide bonds. The first-order chi connectivity index (χ1) is 8.56. The number of nitrogens with one attached hydrogen (secondary N) is 1. The maximum Gasteiger partial charge on any atom is 0.252 e. The summed E-state index contributed by atoms with van der Waals surface area (Å²) < 4.78 is 13.6. The van der Waals surface area contributed by atoms with E-state index in [1.165, 1.54) is 12.1 Å². The second-order valence-electron chi connectivity index (χ2n) is 4.08. The number of rotatable bonds is 2. The van der Waals surface area contributed by atoms with E-state index in [2.05, 4.69) is 27.3 Å². The van der Waals surface area contributed by atoms with Crippen LogP contribution in [0.25, 0.3) is 0 Å². The van der Waals surface area contributed by atoms with Gasteiger partial charge in [0.05, 0.1) is 10.5 Å². The molecule has 1 unspecified atom stereocenters. The molecule has 0 spiro atoms. The Hall–Kier alpha value is -1.06. The van der Waals surface area contributed by atoms with Gasteiger partial charge in [0.25, 0.3) is 5.91 Å². The van der Waals surface area contributed by atoms with Crippen LogP contribution >= 0.6 is 27.7 Å². The van der Waals surface area contributed by atoms with Crippen LogP contribution in [0.3, 0.4) is 0 Å². The highest BCUT2D eigenvalue weighted by Gasteiger charge is 2.36. The van der Waals surface area contributed by atoms with E-state index in [4.69, 9.17) is 5.26 Å². The number of amides is 1. The van der Waals surface area contributed by atoms with E-state index < -0.39 is 17.3 Å². The summed E-state index contributed by atoms with van der Waals surface area (Å²) in [4.78, 5) is 12.0. The van der Waals surface area contributed by atoms with Crippen molar-refractivity contribution in [2.45, 2.75) is 12.0 Å². The zero-order valence-corrected chi connectivity index (χ0v) is 11.8. The molecule has 0 aromatic heterocycles. The largest absolute Gasteiger partial charge is 0.333 e. The Kier molecular flexibility index (Phi) is 3.93. The molecule has 1 aromatic carbocycles. The van der Waals surface area contributed by atoms with E-state index in [0.717, 1.165) is 11.8 Å². The van der Waals surface area contributed by atoms with E-state index in [1.54, 1.807) is 11.8 Å². The maximum absolute atomic E-state index is 13.3. The Bertz CT molecular complexity index is 523. The van der Waals surface area contributed by atoms with E-state index in [9.17, 15) is 9.18 Å². The molecule has 18 heavy (non-hydrogen) atoms. The highest BCUT2D eigenvalue weighted by atomic mass is 79.9. The van der Waals surface area contributed by atoms with Crippen molar-refractivity contribution in [1.29, 1.82) is 5.26 Å². The topological polar surface area (TPSA) is 52.9 Å². The third-order valence-corrected chi connectivity index (χ3v) is 4.60. The number of halogens is 2. The minimum Gasteiger partial charge on any atom is -0.333 e. The number of benzene rings is 1. The molecule has 6 heteroatoms. The molecule has 1 aromatic rings. The lowest BCUT2D eigenvalue weighted by Gasteiger charge is -2.21. The van der Waals surface area contributed by atoms with Crippen LogP contribution in [0.4, 0.5) is 4.39 Å². The highest BCUT2D eigenvalue weighted by molar-refractivity contribution is 9.10. The second-order valence-corrected chi connectivity index (χ2v) is 6.04. The molecule has 1 aliphatic rings. The minimum atomic E-state index is -0.814. The summed E-state index contributed by atoms with van der Waals surface area (Å²) in [5, 5.41) is 11.9. The lowest BCUT2D eigenvalue weighted by Crippen LogP contribution is -2.47. The quantitative estimate of drug-likeness (QED) is 0.908. The van der Waals surface area contributed by atoms with Crippen LogP contribution < -0.4 is 5.32 Å². The first kappa shape index (κ1) is 13.4. The zero-order chi connectivity index (χ0) is 13.2. The monoisotopic (exact) mass is 328 g/mol. The zero-order valence-electron chi connectivity index (χ0n) is 9.37. The summed E-state index contributed by atoms with van der Waals surface area (Å²) in [5.41, 5.74) is -0.590. The van der Waals surface area contributed by atoms with Gasteiger partial charge in [-0.05, 0) is 46.3 Å². The van der Waals surface area contributed by atoms with Gasteiger partial charge in [0, 0.05) is 11.3 Å². The Morgan fingerprint density at radius 1 is 1.61 bits per heavy atom. The minimum absolute atomic E-state index is 0.224. The molecule has 1 saturated heterocycles. The normalized spacial score (nSPS) is 22.5. The van der Waals surface area contributed by atoms with Gasteiger partial charge in [-0.25, -0.2) is 4.39 Å². The molecule has 0 radical (unpaired) electrons. The first-order valence-corrected chi connectivity index (χ1v) is 7.28. The highest BCUT2D eigenvalue weighted by Crippen LogP contribution is 2.27. The average Bonchev–Trinajstić information content (AvgIpc) is 2.82. The van der Waals surface area contributed by atoms with E-state index >= 15 is 0 Å². The fourth-order valence-electron chi connectivity index (χ4n) is 1.71. The molecule has 2 rings (SSSR count). The van der Waals surface area contributed by atoms with Crippen LogP contribution in [0, 0.1) is 17.1 Å². The van der Waals surface area contributed by atoms with Crippen molar-refractivity contribution in [3.8, 4) is 6.07 Å². The third kappa shape index (κ3) is 2.68. The van der Waals surface area contributed by atoms with Crippen LogP contribution in [0.2, 0.25) is 0 Å². The molecule has 1 aliphatic heterocycles. The van der Waals surface area contributed by atoms with Gasteiger partial charge in [0.15, 0.2) is 0 Å². The van der Waals surface area contributed by atoms with Crippen molar-refractivity contribution in [2.24, 2.45) is 0 Å². The Labute approximate surface area is 117 Å². The molecule has 94 valence electrons. The molecule has 1 N–H and O–H groups in total. The third-order valence-electron chi connectivity index (χ3n) is 2.77. The number of hydrogen-bond acceptors (Lipinski definition) is 3. The molecular formula is C12H10BrFN2OS. The van der Waals surface area contributed by atoms with Crippen molar-refractivity contribution >= 4 is 33.6 Å². The predicted molar refractivity (Wildman–Crippen MR) is 71.9 cm³/mol. The summed E-state index contributed by atoms with van der Waals surface area (Å²) >= 11 is 4.66. The van der Waals surface area contributed by atoms with E-state index in [1.807, 2.05) is 0 Å². The molecule has 1 atom stereocenters. The summed E-state index contributed by atoms with van der Waals surface area (Å²) in [6.45, 7) is 0. The molecule has 0 aliphatic carbocycles. The lowest BCUT2D eigenvalue weighted by molar-refractivity contribution is 0.0925. The number of thioether (sulfide) groups is 1. The summed E-state index contributed by atoms with van der Waals surface area (Å²) in [5.74, 6) is 0.525. The Morgan fingerprint density at radius 2 is 2.39 bits per heavy atom. The number of carbonyl (C=O) groups is 1. The second kappa shape index (κ2) is 5.29. The summed E-state index contributed by atoms with van der Waals surface area (Å²) in [6, 6.07) is 6.31. The summed E-state index contributed by atoms with van der Waals surface area (Å²) in [7, 11) is 0. The summed E-state index contributed by atoms with van der Waals surface area (Å²) in [6.07, 6.45) is 0.624. The van der Waals surface area contributed by atoms with Gasteiger partial charge in [-0.1, -0.05) is 0 Å². The molecule has 1 fully saturated rings. The van der Waals surface area contributed by atoms with Crippen molar-refractivity contribution < 1.29 is 9.18 Å². The van der Waals surface area contributed by atoms with Gasteiger partial charge in [-0.15, -0.1) is 0 Å². The van der Waals surface area contributed by atoms with Gasteiger partial charge in [-0.2, -0.15) is 17.0 Å². The number of hydrogen-bond donors (Lipinski definition) is 1. The molecule has 3 nitrogen and oxygen atoms in total. The fourth-order valence-corrected chi connectivity index (χ4v) is 3.22. The van der Waals surface area contributed by atoms with Crippen molar-refractivity contribution in [3.63, 3.8) is 0 Å². The average molecular weight is 329 g/mol. The lowest BCUT2D eigenvalue weighted by atomic mass is 10.0. The van der Waals surface area contributed by atoms with Gasteiger partial charge in [0.2, 0.25) is 0 Å². The smallest absolute Gasteiger partial charge is 0.252 e. The predicted octanol–water partition coefficient (Wildman–Crippen LogP) is 2.72. The number of carbonyl (C=O) groups excluding carboxylic acids is 1. The molecule has 0 saturated carbocycles. The van der Waals surface area contributed by atoms with Gasteiger partial charge in [-0.3, -0.25) is 4.79 Å².